The van der Waals surface area contributed by atoms with Crippen LogP contribution in [0.15, 0.2) is 0 Å². The van der Waals surface area contributed by atoms with Gasteiger partial charge in [-0.2, -0.15) is 0 Å². The molecule has 0 aliphatic carbocycles. The van der Waals surface area contributed by atoms with Crippen molar-refractivity contribution in [1.29, 1.82) is 0 Å². The van der Waals surface area contributed by atoms with Gasteiger partial charge in [-0.15, -0.1) is 0 Å². The van der Waals surface area contributed by atoms with Crippen LogP contribution in [0.5, 0.6) is 0 Å². The summed E-state index contributed by atoms with van der Waals surface area (Å²) < 4.78 is -10.8. The van der Waals surface area contributed by atoms with E-state index < -0.39 is 3.03 Å². The van der Waals surface area contributed by atoms with E-state index in [2.05, 4.69) is 0 Å². The van der Waals surface area contributed by atoms with E-state index in [1.54, 1.807) is 0 Å². The summed E-state index contributed by atoms with van der Waals surface area (Å²) >= 11 is 0. The Morgan fingerprint density at radius 2 is 0.556 bits per heavy atom. The Morgan fingerprint density at radius 1 is 0.444 bits per heavy atom. The molecule has 0 atom stereocenters. The first-order valence-corrected chi connectivity index (χ1v) is 8.69. The van der Waals surface area contributed by atoms with E-state index in [4.69, 9.17) is 10.1 Å². The van der Waals surface area contributed by atoms with Crippen molar-refractivity contribution in [2.24, 2.45) is 0 Å². The quantitative estimate of drug-likeness (QED) is 0.478. The van der Waals surface area contributed by atoms with Gasteiger partial charge in [-0.1, -0.05) is 0 Å². The first kappa shape index (κ1) is 15.4. The monoisotopic (exact) mass is 318 g/mol. The molecule has 0 rings (SSSR count). The summed E-state index contributed by atoms with van der Waals surface area (Å²) in [6.45, 7) is 0. The van der Waals surface area contributed by atoms with Crippen molar-refractivity contribution in [3.8, 4) is 0 Å². The molecule has 0 saturated carbocycles. The van der Waals surface area contributed by atoms with Crippen LogP contribution < -0.4 is 0 Å². The fourth-order valence-electron chi connectivity index (χ4n) is 0.389. The van der Waals surface area contributed by atoms with Crippen molar-refractivity contribution in [1.82, 2.24) is 0 Å². The van der Waals surface area contributed by atoms with Crippen molar-refractivity contribution in [2.75, 3.05) is 0 Å². The van der Waals surface area contributed by atoms with E-state index in [9.17, 15) is 38.4 Å². The number of hydrogen-bond acceptors (Lipinski definition) is 8. The van der Waals surface area contributed by atoms with E-state index in [0.29, 0.717) is 0 Å². The van der Waals surface area contributed by atoms with Gasteiger partial charge in [-0.3, -0.25) is 0 Å². The molecule has 0 amide bonds. The van der Waals surface area contributed by atoms with Crippen LogP contribution in [-0.4, -0.2) is 38.6 Å². The molecule has 0 aromatic rings. The van der Waals surface area contributed by atoms with Gasteiger partial charge in [0.1, 0.15) is 0 Å². The van der Waals surface area contributed by atoms with Gasteiger partial charge < -0.3 is 0 Å². The van der Waals surface area contributed by atoms with Gasteiger partial charge in [-0.05, 0) is 0 Å². The number of hydrogen-bond donors (Lipinski definition) is 0. The predicted octanol–water partition coefficient (Wildman–Crippen LogP) is -2.49. The molecule has 0 aromatic heterocycles. The molecule has 0 spiro atoms. The molecule has 18 heavy (non-hydrogen) atoms. The van der Waals surface area contributed by atoms with E-state index in [1.807, 2.05) is 0 Å². The molecule has 94 valence electrons. The normalized spacial score (nSPS) is 16.3. The Balaban J connectivity index is 15.1. The molecule has 0 aromatic carbocycles. The SMILES string of the molecule is O=[C]=[Co+2]([Cl])(=[C]=O)(=[C]=O)(=[C]=O)(=[C]=O)(=[C]=O)(=[C]=O)=[C]=O. The van der Waals surface area contributed by atoms with Gasteiger partial charge in [0.15, 0.2) is 0 Å². The molecule has 0 unspecified atom stereocenters. The van der Waals surface area contributed by atoms with Gasteiger partial charge in [0.2, 0.25) is 0 Å². The third-order valence-electron chi connectivity index (χ3n) is 2.11. The van der Waals surface area contributed by atoms with Gasteiger partial charge in [-0.25, -0.2) is 0 Å². The second-order valence-electron chi connectivity index (χ2n) is 3.38. The average Bonchev–Trinajstić information content (AvgIpc) is 2.51. The number of rotatable bonds is 0. The molecular formula is C8ClCoO8+2. The topological polar surface area (TPSA) is 137 Å². The summed E-state index contributed by atoms with van der Waals surface area (Å²) in [7, 11) is 5.04. The zero-order chi connectivity index (χ0) is 15.0. The molecular weight excluding hydrogens is 318 g/mol. The molecule has 0 fully saturated rings. The molecule has 10 heteroatoms. The Kier molecular flexibility index (Phi) is 1.30. The van der Waals surface area contributed by atoms with Gasteiger partial charge in [0.25, 0.3) is 0 Å². The maximum atomic E-state index is 11.0. The Bertz CT molecular complexity index is 1620. The van der Waals surface area contributed by atoms with Crippen LogP contribution in [0.2, 0.25) is 0 Å². The van der Waals surface area contributed by atoms with Gasteiger partial charge >= 0.3 is 90.1 Å². The third-order valence-corrected chi connectivity index (χ3v) is 10.4. The van der Waals surface area contributed by atoms with Crippen LogP contribution in [-0.2, 0) is 41.4 Å². The van der Waals surface area contributed by atoms with Gasteiger partial charge in [0, 0.05) is 0 Å². The van der Waals surface area contributed by atoms with E-state index in [0.717, 1.165) is 0 Å². The second kappa shape index (κ2) is 1.52. The molecule has 0 aliphatic heterocycles. The number of halogens is 1. The van der Waals surface area contributed by atoms with Crippen LogP contribution in [0.25, 0.3) is 0 Å². The van der Waals surface area contributed by atoms with Crippen LogP contribution >= 0.6 is 10.1 Å². The van der Waals surface area contributed by atoms with Crippen molar-refractivity contribution in [3.63, 3.8) is 0 Å². The van der Waals surface area contributed by atoms with Gasteiger partial charge in [0.05, 0.1) is 0 Å². The molecule has 0 radical (unpaired) electrons. The standard InChI is InChI=1S/8CO.ClH.Co/c8*1-2;;/h;;;;;;;;1H;/q;;;;;;;;;+3/p-1. The summed E-state index contributed by atoms with van der Waals surface area (Å²) in [6, 6.07) is 0. The predicted molar refractivity (Wildman–Crippen MR) is 51.4 cm³/mol. The third kappa shape index (κ3) is 0.551. The Labute approximate surface area is 90.4 Å². The first-order chi connectivity index (χ1) is 7.88. The van der Waals surface area contributed by atoms with Crippen molar-refractivity contribution in [3.05, 3.63) is 0 Å². The fraction of sp³-hybridized carbons (Fsp3) is 0. The molecule has 8 nitrogen and oxygen atoms in total. The van der Waals surface area contributed by atoms with E-state index >= 15 is 0 Å². The summed E-state index contributed by atoms with van der Waals surface area (Å²) in [5, 5.41) is 0. The van der Waals surface area contributed by atoms with Crippen LogP contribution in [0, 0.1) is 0 Å². The summed E-state index contributed by atoms with van der Waals surface area (Å²) in [4.78, 5) is 86.2. The zero-order valence-electron chi connectivity index (χ0n) is 7.98. The van der Waals surface area contributed by atoms with E-state index in [-0.39, 0.29) is 38.6 Å². The first-order valence-electron chi connectivity index (χ1n) is 3.09. The van der Waals surface area contributed by atoms with Crippen LogP contribution in [0.3, 0.4) is 0 Å². The van der Waals surface area contributed by atoms with Crippen molar-refractivity contribution in [2.45, 2.75) is 0 Å². The zero-order valence-corrected chi connectivity index (χ0v) is 9.77. The molecule has 0 heterocycles. The minimum atomic E-state index is -10.8. The molecule has 0 bridgehead atoms. The van der Waals surface area contributed by atoms with Crippen molar-refractivity contribution >= 4 is 48.7 Å². The van der Waals surface area contributed by atoms with Crippen LogP contribution in [0.4, 0.5) is 0 Å². The van der Waals surface area contributed by atoms with Crippen LogP contribution in [0.1, 0.15) is 0 Å². The Morgan fingerprint density at radius 3 is 0.556 bits per heavy atom. The molecule has 0 saturated heterocycles. The summed E-state index contributed by atoms with van der Waals surface area (Å²) in [5.74, 6) is 0. The molecule has 0 aliphatic rings. The second-order valence-corrected chi connectivity index (χ2v) is 18.1. The molecule has 0 N–H and O–H groups in total. The number of carbonyl (C=O) groups excluding carboxylic acids is 8. The average molecular weight is 318 g/mol. The maximum absolute atomic E-state index is 11.0. The summed E-state index contributed by atoms with van der Waals surface area (Å²) in [5.41, 5.74) is 0. The van der Waals surface area contributed by atoms with Crippen molar-refractivity contribution < 1.29 is 41.4 Å². The van der Waals surface area contributed by atoms with E-state index in [1.165, 1.54) is 0 Å². The summed E-state index contributed by atoms with van der Waals surface area (Å²) in [6.07, 6.45) is 0. The fourth-order valence-corrected chi connectivity index (χ4v) is 1.60. The minimum absolute atomic E-state index is 0.238. The Hall–Kier alpha value is -2.56.